The third kappa shape index (κ3) is 1.73. The van der Waals surface area contributed by atoms with Gasteiger partial charge in [0.15, 0.2) is 0 Å². The van der Waals surface area contributed by atoms with E-state index in [4.69, 9.17) is 0 Å². The highest BCUT2D eigenvalue weighted by atomic mass is 19.1. The highest BCUT2D eigenvalue weighted by molar-refractivity contribution is 5.95. The summed E-state index contributed by atoms with van der Waals surface area (Å²) in [5.74, 6) is -0.301. The van der Waals surface area contributed by atoms with E-state index < -0.39 is 0 Å². The summed E-state index contributed by atoms with van der Waals surface area (Å²) in [4.78, 5) is 4.38. The largest absolute Gasteiger partial charge is 0.268 e. The molecule has 0 saturated carbocycles. The van der Waals surface area contributed by atoms with Crippen LogP contribution < -0.4 is 0 Å². The molecule has 110 valence electrons. The minimum absolute atomic E-state index is 0.301. The highest BCUT2D eigenvalue weighted by Crippen LogP contribution is 2.31. The Morgan fingerprint density at radius 1 is 1.14 bits per heavy atom. The van der Waals surface area contributed by atoms with E-state index >= 15 is 0 Å². The van der Waals surface area contributed by atoms with Crippen molar-refractivity contribution in [1.82, 2.24) is 24.5 Å². The van der Waals surface area contributed by atoms with Crippen LogP contribution in [0.25, 0.3) is 33.1 Å². The van der Waals surface area contributed by atoms with Gasteiger partial charge in [-0.15, -0.1) is 0 Å². The SMILES string of the molecule is CCn1ncc2c(-c3cc4c(cnn4C)cc3F)nccc21. The van der Waals surface area contributed by atoms with Crippen LogP contribution in [-0.2, 0) is 13.6 Å². The molecule has 1 aromatic carbocycles. The smallest absolute Gasteiger partial charge is 0.133 e. The van der Waals surface area contributed by atoms with Crippen molar-refractivity contribution >= 4 is 21.8 Å². The van der Waals surface area contributed by atoms with E-state index in [0.29, 0.717) is 11.3 Å². The molecule has 4 rings (SSSR count). The van der Waals surface area contributed by atoms with Crippen LogP contribution >= 0.6 is 0 Å². The van der Waals surface area contributed by atoms with Gasteiger partial charge >= 0.3 is 0 Å². The van der Waals surface area contributed by atoms with Gasteiger partial charge in [-0.2, -0.15) is 10.2 Å². The molecule has 0 aliphatic carbocycles. The summed E-state index contributed by atoms with van der Waals surface area (Å²) in [6, 6.07) is 5.20. The summed E-state index contributed by atoms with van der Waals surface area (Å²) in [7, 11) is 1.84. The van der Waals surface area contributed by atoms with Crippen LogP contribution in [-0.4, -0.2) is 24.5 Å². The second-order valence-corrected chi connectivity index (χ2v) is 5.21. The molecule has 22 heavy (non-hydrogen) atoms. The monoisotopic (exact) mass is 295 g/mol. The number of benzene rings is 1. The molecule has 0 fully saturated rings. The number of aromatic nitrogens is 5. The maximum atomic E-state index is 14.5. The van der Waals surface area contributed by atoms with Crippen LogP contribution in [0.3, 0.4) is 0 Å². The molecule has 0 amide bonds. The number of hydrogen-bond acceptors (Lipinski definition) is 3. The predicted octanol–water partition coefficient (Wildman–Crippen LogP) is 3.14. The molecule has 0 aliphatic heterocycles. The Hall–Kier alpha value is -2.76. The van der Waals surface area contributed by atoms with Gasteiger partial charge in [-0.05, 0) is 25.1 Å². The van der Waals surface area contributed by atoms with Gasteiger partial charge in [0, 0.05) is 36.1 Å². The zero-order valence-corrected chi connectivity index (χ0v) is 12.3. The second kappa shape index (κ2) is 4.62. The number of nitrogens with zero attached hydrogens (tertiary/aromatic N) is 5. The lowest BCUT2D eigenvalue weighted by Crippen LogP contribution is -1.96. The average Bonchev–Trinajstić information content (AvgIpc) is 3.10. The summed E-state index contributed by atoms with van der Waals surface area (Å²) in [6.45, 7) is 2.78. The molecule has 3 heterocycles. The number of aryl methyl sites for hydroxylation is 2. The van der Waals surface area contributed by atoms with Crippen molar-refractivity contribution in [3.05, 3.63) is 42.6 Å². The number of halogens is 1. The first kappa shape index (κ1) is 12.9. The van der Waals surface area contributed by atoms with E-state index in [9.17, 15) is 4.39 Å². The fraction of sp³-hybridized carbons (Fsp3) is 0.188. The Balaban J connectivity index is 2.04. The molecule has 3 aromatic heterocycles. The fourth-order valence-corrected chi connectivity index (χ4v) is 2.82. The van der Waals surface area contributed by atoms with Crippen molar-refractivity contribution in [3.8, 4) is 11.3 Å². The second-order valence-electron chi connectivity index (χ2n) is 5.21. The summed E-state index contributed by atoms with van der Waals surface area (Å²) in [6.07, 6.45) is 5.09. The van der Waals surface area contributed by atoms with E-state index in [1.165, 1.54) is 6.07 Å². The predicted molar refractivity (Wildman–Crippen MR) is 82.9 cm³/mol. The number of hydrogen-bond donors (Lipinski definition) is 0. The zero-order valence-electron chi connectivity index (χ0n) is 12.3. The molecule has 4 aromatic rings. The maximum absolute atomic E-state index is 14.5. The Morgan fingerprint density at radius 3 is 2.82 bits per heavy atom. The molecule has 0 aliphatic rings. The summed E-state index contributed by atoms with van der Waals surface area (Å²) in [5, 5.41) is 10.1. The minimum Gasteiger partial charge on any atom is -0.268 e. The van der Waals surface area contributed by atoms with Crippen LogP contribution in [0.1, 0.15) is 6.92 Å². The van der Waals surface area contributed by atoms with E-state index in [1.807, 2.05) is 24.7 Å². The molecule has 0 N–H and O–H groups in total. The van der Waals surface area contributed by atoms with Crippen molar-refractivity contribution < 1.29 is 4.39 Å². The third-order valence-electron chi connectivity index (χ3n) is 3.96. The van der Waals surface area contributed by atoms with Crippen molar-refractivity contribution in [3.63, 3.8) is 0 Å². The molecular formula is C16H14FN5. The quantitative estimate of drug-likeness (QED) is 0.571. The fourth-order valence-electron chi connectivity index (χ4n) is 2.82. The molecule has 0 saturated heterocycles. The number of pyridine rings is 1. The van der Waals surface area contributed by atoms with Crippen molar-refractivity contribution in [2.24, 2.45) is 7.05 Å². The van der Waals surface area contributed by atoms with E-state index in [0.717, 1.165) is 28.4 Å². The van der Waals surface area contributed by atoms with E-state index in [2.05, 4.69) is 15.2 Å². The Kier molecular flexibility index (Phi) is 2.72. The van der Waals surface area contributed by atoms with Gasteiger partial charge in [-0.1, -0.05) is 0 Å². The molecule has 0 bridgehead atoms. The standard InChI is InChI=1S/C16H14FN5/c1-3-22-14-4-5-18-16(12(14)9-20-22)11-7-15-10(6-13(11)17)8-19-21(15)2/h4-9H,3H2,1-2H3. The normalized spacial score (nSPS) is 11.6. The van der Waals surface area contributed by atoms with Gasteiger partial charge in [-0.3, -0.25) is 14.3 Å². The van der Waals surface area contributed by atoms with Gasteiger partial charge in [0.1, 0.15) is 5.82 Å². The first-order valence-corrected chi connectivity index (χ1v) is 7.11. The lowest BCUT2D eigenvalue weighted by Gasteiger charge is -2.06. The summed E-state index contributed by atoms with van der Waals surface area (Å²) < 4.78 is 18.1. The molecule has 0 radical (unpaired) electrons. The first-order chi connectivity index (χ1) is 10.7. The van der Waals surface area contributed by atoms with Crippen LogP contribution in [0.15, 0.2) is 36.8 Å². The molecular weight excluding hydrogens is 281 g/mol. The lowest BCUT2D eigenvalue weighted by molar-refractivity contribution is 0.632. The average molecular weight is 295 g/mol. The van der Waals surface area contributed by atoms with E-state index in [-0.39, 0.29) is 5.82 Å². The van der Waals surface area contributed by atoms with Crippen LogP contribution in [0.5, 0.6) is 0 Å². The van der Waals surface area contributed by atoms with Crippen molar-refractivity contribution in [2.45, 2.75) is 13.5 Å². The van der Waals surface area contributed by atoms with Gasteiger partial charge in [0.05, 0.1) is 29.1 Å². The van der Waals surface area contributed by atoms with Crippen LogP contribution in [0, 0.1) is 5.82 Å². The number of fused-ring (bicyclic) bond motifs is 2. The van der Waals surface area contributed by atoms with Crippen molar-refractivity contribution in [2.75, 3.05) is 0 Å². The molecule has 5 nitrogen and oxygen atoms in total. The molecule has 6 heteroatoms. The van der Waals surface area contributed by atoms with Gasteiger partial charge < -0.3 is 0 Å². The maximum Gasteiger partial charge on any atom is 0.133 e. The molecule has 0 spiro atoms. The topological polar surface area (TPSA) is 48.5 Å². The highest BCUT2D eigenvalue weighted by Gasteiger charge is 2.15. The number of rotatable bonds is 2. The van der Waals surface area contributed by atoms with Gasteiger partial charge in [0.2, 0.25) is 0 Å². The Bertz CT molecular complexity index is 999. The first-order valence-electron chi connectivity index (χ1n) is 7.11. The van der Waals surface area contributed by atoms with E-state index in [1.54, 1.807) is 29.3 Å². The Labute approximate surface area is 126 Å². The minimum atomic E-state index is -0.301. The summed E-state index contributed by atoms with van der Waals surface area (Å²) >= 11 is 0. The zero-order chi connectivity index (χ0) is 15.3. The third-order valence-corrected chi connectivity index (χ3v) is 3.96. The van der Waals surface area contributed by atoms with Gasteiger partial charge in [0.25, 0.3) is 0 Å². The van der Waals surface area contributed by atoms with Crippen LogP contribution in [0.2, 0.25) is 0 Å². The van der Waals surface area contributed by atoms with Crippen molar-refractivity contribution in [1.29, 1.82) is 0 Å². The molecule has 0 unspecified atom stereocenters. The van der Waals surface area contributed by atoms with Gasteiger partial charge in [-0.25, -0.2) is 4.39 Å². The van der Waals surface area contributed by atoms with Crippen LogP contribution in [0.4, 0.5) is 4.39 Å². The molecule has 0 atom stereocenters. The Morgan fingerprint density at radius 2 is 2.00 bits per heavy atom. The lowest BCUT2D eigenvalue weighted by atomic mass is 10.1. The summed E-state index contributed by atoms with van der Waals surface area (Å²) in [5.41, 5.74) is 2.91.